The lowest BCUT2D eigenvalue weighted by molar-refractivity contribution is -0.140. The maximum atomic E-state index is 13.3. The number of nitrogens with one attached hydrogen (secondary N) is 1. The minimum absolute atomic E-state index is 0.119. The van der Waals surface area contributed by atoms with Gasteiger partial charge in [-0.15, -0.1) is 0 Å². The molecule has 0 amide bonds. The van der Waals surface area contributed by atoms with Gasteiger partial charge >= 0.3 is 12.8 Å². The molecule has 0 radical (unpaired) electrons. The topological polar surface area (TPSA) is 90.6 Å². The Bertz CT molecular complexity index is 1600. The predicted octanol–water partition coefficient (Wildman–Crippen LogP) is 6.98. The molecule has 0 aliphatic heterocycles. The van der Waals surface area contributed by atoms with Crippen LogP contribution in [0.25, 0.3) is 22.8 Å². The average Bonchev–Trinajstić information content (AvgIpc) is 3.48. The Balaban J connectivity index is 1.28. The molecule has 6 rings (SSSR count). The van der Waals surface area contributed by atoms with Crippen molar-refractivity contribution in [2.75, 3.05) is 5.32 Å². The summed E-state index contributed by atoms with van der Waals surface area (Å²) in [6.07, 6.45) is 1.90. The lowest BCUT2D eigenvalue weighted by Gasteiger charge is -2.16. The lowest BCUT2D eigenvalue weighted by atomic mass is 10.1. The third-order valence-electron chi connectivity index (χ3n) is 7.41. The van der Waals surface area contributed by atoms with Gasteiger partial charge in [0, 0.05) is 41.5 Å². The molecule has 4 aromatic rings. The number of anilines is 1. The first kappa shape index (κ1) is 28.0. The van der Waals surface area contributed by atoms with Crippen LogP contribution in [0, 0.1) is 0 Å². The molecule has 42 heavy (non-hydrogen) atoms. The van der Waals surface area contributed by atoms with Gasteiger partial charge in [0.15, 0.2) is 11.5 Å². The molecule has 0 unspecified atom stereocenters. The Labute approximate surface area is 238 Å². The van der Waals surface area contributed by atoms with Gasteiger partial charge in [-0.25, -0.2) is 24.9 Å². The molecule has 220 valence electrons. The standard InChI is InChI=1S/C29H28F5N7O/c1-15(2)41-13-21(29(32,33)34)39-26(41)18-8-6-16(7-9-18)12-35-24-19-4-3-5-20(19)38-25(40-24)22-23(17-10-11-17)36-14-37-27(22)42-28(30)31/h6-9,13-15,17,28H,3-5,10-12H2,1-2H3,(H,35,38,40). The molecule has 1 fully saturated rings. The summed E-state index contributed by atoms with van der Waals surface area (Å²) in [5.41, 5.74) is 3.21. The van der Waals surface area contributed by atoms with E-state index in [-0.39, 0.29) is 29.5 Å². The maximum Gasteiger partial charge on any atom is 0.434 e. The van der Waals surface area contributed by atoms with Gasteiger partial charge in [-0.3, -0.25) is 0 Å². The van der Waals surface area contributed by atoms with Crippen molar-refractivity contribution in [3.05, 3.63) is 65.0 Å². The summed E-state index contributed by atoms with van der Waals surface area (Å²) < 4.78 is 72.7. The Morgan fingerprint density at radius 2 is 1.79 bits per heavy atom. The lowest BCUT2D eigenvalue weighted by Crippen LogP contribution is -2.11. The number of aryl methyl sites for hydroxylation is 1. The monoisotopic (exact) mass is 585 g/mol. The van der Waals surface area contributed by atoms with Crippen LogP contribution in [0.4, 0.5) is 27.8 Å². The van der Waals surface area contributed by atoms with Crippen LogP contribution in [-0.4, -0.2) is 36.1 Å². The Hall–Kier alpha value is -4.16. The fourth-order valence-electron chi connectivity index (χ4n) is 5.22. The second kappa shape index (κ2) is 10.9. The summed E-state index contributed by atoms with van der Waals surface area (Å²) in [5, 5.41) is 3.36. The molecule has 0 bridgehead atoms. The van der Waals surface area contributed by atoms with Crippen LogP contribution in [0.15, 0.2) is 36.8 Å². The second-order valence-corrected chi connectivity index (χ2v) is 10.8. The largest absolute Gasteiger partial charge is 0.434 e. The molecule has 2 aliphatic rings. The molecule has 8 nitrogen and oxygen atoms in total. The normalized spacial score (nSPS) is 15.0. The van der Waals surface area contributed by atoms with Crippen LogP contribution in [0.2, 0.25) is 0 Å². The summed E-state index contributed by atoms with van der Waals surface area (Å²) in [7, 11) is 0. The van der Waals surface area contributed by atoms with Gasteiger partial charge in [0.25, 0.3) is 0 Å². The quantitative estimate of drug-likeness (QED) is 0.212. The number of fused-ring (bicyclic) bond motifs is 1. The summed E-state index contributed by atoms with van der Waals surface area (Å²) in [5.74, 6) is 0.958. The van der Waals surface area contributed by atoms with Crippen molar-refractivity contribution in [3.8, 4) is 28.7 Å². The van der Waals surface area contributed by atoms with Gasteiger partial charge in [0.05, 0.1) is 5.69 Å². The van der Waals surface area contributed by atoms with Crippen molar-refractivity contribution >= 4 is 5.82 Å². The highest BCUT2D eigenvalue weighted by Gasteiger charge is 2.35. The molecule has 0 saturated heterocycles. The first-order chi connectivity index (χ1) is 20.1. The van der Waals surface area contributed by atoms with Crippen LogP contribution in [0.3, 0.4) is 0 Å². The number of hydrogen-bond donors (Lipinski definition) is 1. The number of benzene rings is 1. The summed E-state index contributed by atoms with van der Waals surface area (Å²) in [4.78, 5) is 21.6. The number of hydrogen-bond acceptors (Lipinski definition) is 7. The van der Waals surface area contributed by atoms with Crippen molar-refractivity contribution in [1.82, 2.24) is 29.5 Å². The van der Waals surface area contributed by atoms with E-state index < -0.39 is 18.5 Å². The van der Waals surface area contributed by atoms with Crippen LogP contribution in [0.5, 0.6) is 5.88 Å². The molecule has 13 heteroatoms. The van der Waals surface area contributed by atoms with Crippen molar-refractivity contribution in [1.29, 1.82) is 0 Å². The number of ether oxygens (including phenoxy) is 1. The number of nitrogens with zero attached hydrogens (tertiary/aromatic N) is 6. The number of imidazole rings is 1. The van der Waals surface area contributed by atoms with Crippen LogP contribution in [0.1, 0.15) is 73.3 Å². The highest BCUT2D eigenvalue weighted by molar-refractivity contribution is 5.68. The molecule has 1 saturated carbocycles. The number of aromatic nitrogens is 6. The minimum Gasteiger partial charge on any atom is -0.416 e. The van der Waals surface area contributed by atoms with Crippen LogP contribution >= 0.6 is 0 Å². The summed E-state index contributed by atoms with van der Waals surface area (Å²) in [6, 6.07) is 6.92. The Kier molecular flexibility index (Phi) is 7.27. The first-order valence-electron chi connectivity index (χ1n) is 13.8. The van der Waals surface area contributed by atoms with E-state index in [1.54, 1.807) is 26.0 Å². The molecule has 1 aromatic carbocycles. The van der Waals surface area contributed by atoms with E-state index in [1.807, 2.05) is 12.1 Å². The summed E-state index contributed by atoms with van der Waals surface area (Å²) >= 11 is 0. The molecule has 2 aliphatic carbocycles. The highest BCUT2D eigenvalue weighted by Crippen LogP contribution is 2.45. The van der Waals surface area contributed by atoms with Gasteiger partial charge < -0.3 is 14.6 Å². The van der Waals surface area contributed by atoms with E-state index in [2.05, 4.69) is 20.3 Å². The third kappa shape index (κ3) is 5.64. The average molecular weight is 586 g/mol. The molecule has 3 aromatic heterocycles. The molecule has 1 N–H and O–H groups in total. The fourth-order valence-corrected chi connectivity index (χ4v) is 5.22. The van der Waals surface area contributed by atoms with Gasteiger partial charge in [-0.2, -0.15) is 22.0 Å². The molecule has 3 heterocycles. The number of halogens is 5. The maximum absolute atomic E-state index is 13.3. The Morgan fingerprint density at radius 1 is 1.02 bits per heavy atom. The smallest absolute Gasteiger partial charge is 0.416 e. The fraction of sp³-hybridized carbons (Fsp3) is 0.414. The SMILES string of the molecule is CC(C)n1cc(C(F)(F)F)nc1-c1ccc(CNc2nc(-c3c(OC(F)F)ncnc3C3CC3)nc3c2CCC3)cc1. The van der Waals surface area contributed by atoms with Crippen molar-refractivity contribution in [2.45, 2.75) is 77.2 Å². The van der Waals surface area contributed by atoms with E-state index in [4.69, 9.17) is 14.7 Å². The summed E-state index contributed by atoms with van der Waals surface area (Å²) in [6.45, 7) is 0.918. The predicted molar refractivity (Wildman–Crippen MR) is 144 cm³/mol. The highest BCUT2D eigenvalue weighted by atomic mass is 19.4. The van der Waals surface area contributed by atoms with Crippen molar-refractivity contribution < 1.29 is 26.7 Å². The van der Waals surface area contributed by atoms with Gasteiger partial charge in [-0.05, 0) is 51.5 Å². The first-order valence-corrected chi connectivity index (χ1v) is 13.8. The number of rotatable bonds is 9. The van der Waals surface area contributed by atoms with Crippen LogP contribution < -0.4 is 10.1 Å². The molecule has 0 spiro atoms. The Morgan fingerprint density at radius 3 is 2.45 bits per heavy atom. The van der Waals surface area contributed by atoms with Gasteiger partial charge in [0.1, 0.15) is 23.5 Å². The van der Waals surface area contributed by atoms with Gasteiger partial charge in [0.2, 0.25) is 5.88 Å². The van der Waals surface area contributed by atoms with E-state index in [9.17, 15) is 22.0 Å². The molecule has 0 atom stereocenters. The van der Waals surface area contributed by atoms with Crippen LogP contribution in [-0.2, 0) is 25.6 Å². The van der Waals surface area contributed by atoms with Gasteiger partial charge in [-0.1, -0.05) is 24.3 Å². The van der Waals surface area contributed by atoms with Crippen molar-refractivity contribution in [2.24, 2.45) is 0 Å². The zero-order valence-corrected chi connectivity index (χ0v) is 22.9. The number of alkyl halides is 5. The third-order valence-corrected chi connectivity index (χ3v) is 7.41. The molecular weight excluding hydrogens is 557 g/mol. The van der Waals surface area contributed by atoms with E-state index in [1.165, 1.54) is 10.9 Å². The zero-order valence-electron chi connectivity index (χ0n) is 22.9. The van der Waals surface area contributed by atoms with Crippen molar-refractivity contribution in [3.63, 3.8) is 0 Å². The van der Waals surface area contributed by atoms with E-state index in [0.29, 0.717) is 29.2 Å². The molecular formula is C29H28F5N7O. The van der Waals surface area contributed by atoms with E-state index in [0.717, 1.165) is 55.1 Å². The second-order valence-electron chi connectivity index (χ2n) is 10.8. The van der Waals surface area contributed by atoms with E-state index >= 15 is 0 Å². The zero-order chi connectivity index (χ0) is 29.6. The minimum atomic E-state index is -4.53.